The van der Waals surface area contributed by atoms with Gasteiger partial charge in [-0.3, -0.25) is 9.59 Å². The van der Waals surface area contributed by atoms with Gasteiger partial charge in [0.2, 0.25) is 11.8 Å². The lowest BCUT2D eigenvalue weighted by Gasteiger charge is -2.36. The maximum Gasteiger partial charge on any atom is 0.408 e. The van der Waals surface area contributed by atoms with E-state index in [0.29, 0.717) is 11.4 Å². The number of ether oxygens (including phenoxy) is 1. The maximum absolute atomic E-state index is 14.5. The molecule has 1 saturated heterocycles. The lowest BCUT2D eigenvalue weighted by Crippen LogP contribution is -2.59. The SMILES string of the molecule is C=Cc1ccccc1-c1nn(C2CC(C(=O)NC3(C(=O)O)CC3C=C)N(C(=O)C(NC(=O)OC(C)(C)C)C(C)(C)C)C2)nc1-c1ccccc1. The Balaban J connectivity index is 1.56. The lowest BCUT2D eigenvalue weighted by atomic mass is 9.85. The topological polar surface area (TPSA) is 156 Å². The molecule has 3 amide bonds. The standard InChI is InChI=1S/C38H46N6O6/c1-9-23-16-14-15-19-27(23)30-29(24-17-12-11-13-18-24)41-44(42-30)26-20-28(32(45)40-38(34(47)48)21-25(38)10-2)43(22-26)33(46)31(36(3,4)5)39-35(49)50-37(6,7)8/h9-19,25-26,28,31H,1-2,20-22H2,3-8H3,(H,39,49)(H,40,45)(H,47,48). The van der Waals surface area contributed by atoms with Crippen molar-refractivity contribution in [1.29, 1.82) is 0 Å². The first-order valence-electron chi connectivity index (χ1n) is 16.7. The molecule has 0 spiro atoms. The molecule has 0 radical (unpaired) electrons. The molecule has 264 valence electrons. The van der Waals surface area contributed by atoms with Gasteiger partial charge < -0.3 is 25.4 Å². The van der Waals surface area contributed by atoms with Crippen LogP contribution in [0, 0.1) is 11.3 Å². The zero-order valence-corrected chi connectivity index (χ0v) is 29.5. The highest BCUT2D eigenvalue weighted by molar-refractivity contribution is 5.96. The molecule has 3 N–H and O–H groups in total. The van der Waals surface area contributed by atoms with Crippen molar-refractivity contribution in [3.05, 3.63) is 79.4 Å². The third-order valence-corrected chi connectivity index (χ3v) is 9.10. The van der Waals surface area contributed by atoms with E-state index in [2.05, 4.69) is 23.8 Å². The minimum atomic E-state index is -1.50. The first kappa shape index (κ1) is 36.0. The van der Waals surface area contributed by atoms with Crippen molar-refractivity contribution in [3.8, 4) is 22.5 Å². The van der Waals surface area contributed by atoms with Crippen LogP contribution in [-0.4, -0.2) is 78.6 Å². The van der Waals surface area contributed by atoms with Gasteiger partial charge in [0.1, 0.15) is 34.6 Å². The van der Waals surface area contributed by atoms with Gasteiger partial charge in [-0.1, -0.05) is 94.1 Å². The molecule has 2 aliphatic rings. The van der Waals surface area contributed by atoms with Crippen LogP contribution < -0.4 is 10.6 Å². The molecule has 50 heavy (non-hydrogen) atoms. The van der Waals surface area contributed by atoms with Crippen molar-refractivity contribution in [1.82, 2.24) is 30.5 Å². The Hall–Kier alpha value is -5.26. The van der Waals surface area contributed by atoms with E-state index in [1.54, 1.807) is 47.6 Å². The molecule has 5 atom stereocenters. The highest BCUT2D eigenvalue weighted by atomic mass is 16.6. The summed E-state index contributed by atoms with van der Waals surface area (Å²) in [4.78, 5) is 56.8. The van der Waals surface area contributed by atoms with E-state index in [4.69, 9.17) is 14.9 Å². The van der Waals surface area contributed by atoms with Gasteiger partial charge >= 0.3 is 12.1 Å². The molecule has 5 rings (SSSR count). The molecule has 1 aliphatic heterocycles. The predicted octanol–water partition coefficient (Wildman–Crippen LogP) is 5.48. The fourth-order valence-corrected chi connectivity index (χ4v) is 6.38. The van der Waals surface area contributed by atoms with Gasteiger partial charge in [-0.2, -0.15) is 15.0 Å². The molecule has 12 nitrogen and oxygen atoms in total. The fraction of sp³-hybridized carbons (Fsp3) is 0.421. The summed E-state index contributed by atoms with van der Waals surface area (Å²) in [6, 6.07) is 14.5. The monoisotopic (exact) mass is 682 g/mol. The second kappa shape index (κ2) is 13.6. The zero-order chi connectivity index (χ0) is 36.6. The summed E-state index contributed by atoms with van der Waals surface area (Å²) in [5, 5.41) is 25.4. The van der Waals surface area contributed by atoms with Crippen LogP contribution in [0.3, 0.4) is 0 Å². The number of carboxylic acid groups (broad SMARTS) is 1. The van der Waals surface area contributed by atoms with Gasteiger partial charge in [-0.25, -0.2) is 9.59 Å². The van der Waals surface area contributed by atoms with Crippen LogP contribution in [0.5, 0.6) is 0 Å². The minimum Gasteiger partial charge on any atom is -0.479 e. The Bertz CT molecular complexity index is 1810. The molecule has 12 heteroatoms. The summed E-state index contributed by atoms with van der Waals surface area (Å²) in [7, 11) is 0. The fourth-order valence-electron chi connectivity index (χ4n) is 6.38. The number of carbonyl (C=O) groups excluding carboxylic acids is 3. The molecule has 5 unspecified atom stereocenters. The van der Waals surface area contributed by atoms with Gasteiger partial charge in [-0.15, -0.1) is 6.58 Å². The van der Waals surface area contributed by atoms with Crippen molar-refractivity contribution in [2.75, 3.05) is 6.54 Å². The third kappa shape index (κ3) is 7.34. The van der Waals surface area contributed by atoms with Crippen molar-refractivity contribution >= 4 is 30.0 Å². The molecular weight excluding hydrogens is 636 g/mol. The number of hydrogen-bond acceptors (Lipinski definition) is 7. The van der Waals surface area contributed by atoms with E-state index in [1.807, 2.05) is 54.6 Å². The number of aliphatic carboxylic acids is 1. The van der Waals surface area contributed by atoms with Crippen molar-refractivity contribution < 1.29 is 29.0 Å². The molecule has 3 aromatic rings. The molecule has 1 aliphatic carbocycles. The van der Waals surface area contributed by atoms with Crippen LogP contribution in [0.2, 0.25) is 0 Å². The second-order valence-electron chi connectivity index (χ2n) is 15.0. The Kier molecular flexibility index (Phi) is 9.78. The van der Waals surface area contributed by atoms with E-state index in [-0.39, 0.29) is 19.4 Å². The molecule has 1 saturated carbocycles. The minimum absolute atomic E-state index is 0.0237. The van der Waals surface area contributed by atoms with E-state index in [9.17, 15) is 24.3 Å². The number of benzene rings is 2. The van der Waals surface area contributed by atoms with E-state index < -0.39 is 64.5 Å². The van der Waals surface area contributed by atoms with Gasteiger partial charge in [0.25, 0.3) is 0 Å². The van der Waals surface area contributed by atoms with Crippen LogP contribution in [0.4, 0.5) is 4.79 Å². The number of aromatic nitrogens is 3. The molecular formula is C38H46N6O6. The average Bonchev–Trinajstić information content (AvgIpc) is 3.37. The molecule has 2 aromatic carbocycles. The van der Waals surface area contributed by atoms with Crippen LogP contribution >= 0.6 is 0 Å². The largest absolute Gasteiger partial charge is 0.479 e. The third-order valence-electron chi connectivity index (χ3n) is 9.10. The smallest absolute Gasteiger partial charge is 0.408 e. The number of rotatable bonds is 10. The second-order valence-corrected chi connectivity index (χ2v) is 15.0. The predicted molar refractivity (Wildman–Crippen MR) is 190 cm³/mol. The van der Waals surface area contributed by atoms with E-state index in [0.717, 1.165) is 16.7 Å². The van der Waals surface area contributed by atoms with Crippen LogP contribution in [0.15, 0.2) is 73.8 Å². The van der Waals surface area contributed by atoms with Crippen LogP contribution in [-0.2, 0) is 19.1 Å². The molecule has 1 aromatic heterocycles. The van der Waals surface area contributed by atoms with E-state index >= 15 is 0 Å². The number of carboxylic acids is 1. The summed E-state index contributed by atoms with van der Waals surface area (Å²) in [6.45, 7) is 18.3. The Morgan fingerprint density at radius 2 is 1.62 bits per heavy atom. The number of alkyl carbamates (subject to hydrolysis) is 1. The van der Waals surface area contributed by atoms with Crippen LogP contribution in [0.1, 0.15) is 66.0 Å². The maximum atomic E-state index is 14.5. The average molecular weight is 683 g/mol. The Morgan fingerprint density at radius 1 is 0.980 bits per heavy atom. The summed E-state index contributed by atoms with van der Waals surface area (Å²) in [5.74, 6) is -2.76. The van der Waals surface area contributed by atoms with Gasteiger partial charge in [0, 0.05) is 30.0 Å². The normalized spacial score (nSPS) is 22.3. The number of carbonyl (C=O) groups is 4. The van der Waals surface area contributed by atoms with Gasteiger partial charge in [-0.05, 0) is 38.2 Å². The summed E-state index contributed by atoms with van der Waals surface area (Å²) < 4.78 is 5.48. The van der Waals surface area contributed by atoms with Crippen molar-refractivity contribution in [2.24, 2.45) is 11.3 Å². The van der Waals surface area contributed by atoms with Gasteiger partial charge in [0.15, 0.2) is 0 Å². The highest BCUT2D eigenvalue weighted by Gasteiger charge is 2.61. The van der Waals surface area contributed by atoms with Crippen LogP contribution in [0.25, 0.3) is 28.6 Å². The molecule has 0 bridgehead atoms. The number of hydrogen-bond donors (Lipinski definition) is 3. The number of nitrogens with one attached hydrogen (secondary N) is 2. The Morgan fingerprint density at radius 3 is 2.20 bits per heavy atom. The first-order valence-corrected chi connectivity index (χ1v) is 16.7. The quantitative estimate of drug-likeness (QED) is 0.238. The highest BCUT2D eigenvalue weighted by Crippen LogP contribution is 2.45. The summed E-state index contributed by atoms with van der Waals surface area (Å²) >= 11 is 0. The Labute approximate surface area is 292 Å². The van der Waals surface area contributed by atoms with Gasteiger partial charge in [0.05, 0.1) is 6.04 Å². The van der Waals surface area contributed by atoms with Crippen molar-refractivity contribution in [2.45, 2.75) is 83.6 Å². The number of amides is 3. The summed E-state index contributed by atoms with van der Waals surface area (Å²) in [5.41, 5.74) is 0.623. The number of likely N-dealkylation sites (tertiary alicyclic amines) is 1. The van der Waals surface area contributed by atoms with Crippen molar-refractivity contribution in [3.63, 3.8) is 0 Å². The molecule has 2 heterocycles. The van der Waals surface area contributed by atoms with E-state index in [1.165, 1.54) is 15.8 Å². The number of nitrogens with zero attached hydrogens (tertiary/aromatic N) is 4. The summed E-state index contributed by atoms with van der Waals surface area (Å²) in [6.07, 6.45) is 2.78. The zero-order valence-electron chi connectivity index (χ0n) is 29.5. The molecule has 2 fully saturated rings. The lowest BCUT2D eigenvalue weighted by molar-refractivity contribution is -0.146. The first-order chi connectivity index (χ1) is 23.5.